The van der Waals surface area contributed by atoms with E-state index in [-0.39, 0.29) is 42.1 Å². The second kappa shape index (κ2) is 11.5. The van der Waals surface area contributed by atoms with E-state index in [2.05, 4.69) is 36.3 Å². The van der Waals surface area contributed by atoms with Crippen LogP contribution in [0.5, 0.6) is 0 Å². The number of ether oxygens (including phenoxy) is 1. The Bertz CT molecular complexity index is 1160. The molecule has 2 aliphatic rings. The molecule has 3 amide bonds. The smallest absolute Gasteiger partial charge is 0.261 e. The van der Waals surface area contributed by atoms with Crippen molar-refractivity contribution in [3.63, 3.8) is 0 Å². The number of benzene rings is 1. The largest absolute Gasteiger partial charge is 0.370 e. The van der Waals surface area contributed by atoms with Gasteiger partial charge in [0.1, 0.15) is 18.5 Å². The van der Waals surface area contributed by atoms with Gasteiger partial charge in [0.2, 0.25) is 5.91 Å². The predicted octanol–water partition coefficient (Wildman–Crippen LogP) is 4.15. The van der Waals surface area contributed by atoms with Crippen LogP contribution in [0.3, 0.4) is 0 Å². The highest BCUT2D eigenvalue weighted by Crippen LogP contribution is 2.32. The number of thiophene rings is 1. The van der Waals surface area contributed by atoms with Crippen molar-refractivity contribution >= 4 is 52.0 Å². The van der Waals surface area contributed by atoms with Gasteiger partial charge in [-0.15, -0.1) is 11.3 Å². The first-order chi connectivity index (χ1) is 17.5. The molecule has 1 saturated carbocycles. The van der Waals surface area contributed by atoms with Crippen LogP contribution in [0.1, 0.15) is 43.3 Å². The third kappa shape index (κ3) is 7.28. The number of nitrogens with zero attached hydrogens (tertiary/aromatic N) is 2. The molecule has 1 saturated heterocycles. The van der Waals surface area contributed by atoms with E-state index in [0.717, 1.165) is 24.2 Å². The summed E-state index contributed by atoms with van der Waals surface area (Å²) in [6, 6.07) is 7.12. The number of nitrogens with one attached hydrogen (secondary N) is 2. The van der Waals surface area contributed by atoms with Gasteiger partial charge in [0, 0.05) is 31.4 Å². The molecule has 8 nitrogen and oxygen atoms in total. The van der Waals surface area contributed by atoms with E-state index in [4.69, 9.17) is 16.3 Å². The fraction of sp³-hybridized carbons (Fsp3) is 0.500. The van der Waals surface area contributed by atoms with Gasteiger partial charge >= 0.3 is 0 Å². The van der Waals surface area contributed by atoms with Gasteiger partial charge in [-0.3, -0.25) is 19.3 Å². The summed E-state index contributed by atoms with van der Waals surface area (Å²) in [5.74, 6) is -1.61. The quantitative estimate of drug-likeness (QED) is 0.489. The maximum absolute atomic E-state index is 15.1. The van der Waals surface area contributed by atoms with E-state index >= 15 is 4.39 Å². The highest BCUT2D eigenvalue weighted by molar-refractivity contribution is 7.18. The van der Waals surface area contributed by atoms with Crippen molar-refractivity contribution < 1.29 is 23.5 Å². The molecular weight excluding hydrogens is 519 g/mol. The Balaban J connectivity index is 1.52. The summed E-state index contributed by atoms with van der Waals surface area (Å²) in [6.07, 6.45) is 1.93. The molecule has 1 aliphatic heterocycles. The molecule has 0 radical (unpaired) electrons. The lowest BCUT2D eigenvalue weighted by Crippen LogP contribution is -2.53. The fourth-order valence-electron chi connectivity index (χ4n) is 4.30. The lowest BCUT2D eigenvalue weighted by Gasteiger charge is -2.36. The molecule has 0 unspecified atom stereocenters. The monoisotopic (exact) mass is 550 g/mol. The van der Waals surface area contributed by atoms with E-state index in [0.29, 0.717) is 34.6 Å². The van der Waals surface area contributed by atoms with Gasteiger partial charge in [-0.05, 0) is 48.6 Å². The molecule has 2 fully saturated rings. The zero-order valence-electron chi connectivity index (χ0n) is 21.2. The van der Waals surface area contributed by atoms with Gasteiger partial charge < -0.3 is 20.3 Å². The predicted molar refractivity (Wildman–Crippen MR) is 143 cm³/mol. The molecule has 1 aromatic heterocycles. The van der Waals surface area contributed by atoms with Gasteiger partial charge in [-0.1, -0.05) is 32.4 Å². The number of morpholine rings is 1. The molecule has 2 N–H and O–H groups in total. The Morgan fingerprint density at radius 2 is 2.03 bits per heavy atom. The fourth-order valence-corrected chi connectivity index (χ4v) is 5.26. The second-order valence-electron chi connectivity index (χ2n) is 10.5. The standard InChI is InChI=1S/C26H32ClFN4O4S/c1-26(2,3)15-32(16-4-5-16)20(13-29-25(35)21-8-9-22(27)37-21)24(34)30-19-7-6-17(12-18(19)28)31-10-11-36-14-23(31)33/h6-9,12,16,20H,4-5,10-11,13-15H2,1-3H3,(H,29,35)(H,30,34)/t20-/m1/s1. The highest BCUT2D eigenvalue weighted by atomic mass is 35.5. The van der Waals surface area contributed by atoms with E-state index < -0.39 is 17.8 Å². The van der Waals surface area contributed by atoms with Gasteiger partial charge in [-0.2, -0.15) is 0 Å². The summed E-state index contributed by atoms with van der Waals surface area (Å²) in [6.45, 7) is 7.65. The average molecular weight is 551 g/mol. The van der Waals surface area contributed by atoms with E-state index in [1.54, 1.807) is 18.2 Å². The van der Waals surface area contributed by atoms with Gasteiger partial charge in [0.15, 0.2) is 0 Å². The van der Waals surface area contributed by atoms with Gasteiger partial charge in [0.05, 0.1) is 21.5 Å². The lowest BCUT2D eigenvalue weighted by atomic mass is 9.95. The Kier molecular flexibility index (Phi) is 8.52. The van der Waals surface area contributed by atoms with Crippen LogP contribution in [0, 0.1) is 11.2 Å². The summed E-state index contributed by atoms with van der Waals surface area (Å²) in [7, 11) is 0. The number of anilines is 2. The first-order valence-electron chi connectivity index (χ1n) is 12.3. The number of carbonyl (C=O) groups excluding carboxylic acids is 3. The molecule has 0 spiro atoms. The molecule has 1 aliphatic carbocycles. The number of halogens is 2. The normalized spacial score (nSPS) is 17.1. The van der Waals surface area contributed by atoms with Crippen molar-refractivity contribution in [2.75, 3.05) is 43.1 Å². The van der Waals surface area contributed by atoms with Crippen molar-refractivity contribution in [3.8, 4) is 0 Å². The maximum atomic E-state index is 15.1. The van der Waals surface area contributed by atoms with Crippen LogP contribution in [0.25, 0.3) is 0 Å². The number of hydrogen-bond acceptors (Lipinski definition) is 6. The van der Waals surface area contributed by atoms with Crippen LogP contribution in [0.2, 0.25) is 4.34 Å². The maximum Gasteiger partial charge on any atom is 0.261 e. The number of carbonyl (C=O) groups is 3. The summed E-state index contributed by atoms with van der Waals surface area (Å²) < 4.78 is 20.7. The molecule has 0 bridgehead atoms. The molecule has 200 valence electrons. The van der Waals surface area contributed by atoms with Crippen molar-refractivity contribution in [1.82, 2.24) is 10.2 Å². The van der Waals surface area contributed by atoms with Crippen molar-refractivity contribution in [3.05, 3.63) is 45.4 Å². The van der Waals surface area contributed by atoms with Crippen molar-refractivity contribution in [2.45, 2.75) is 45.7 Å². The van der Waals surface area contributed by atoms with Crippen molar-refractivity contribution in [1.29, 1.82) is 0 Å². The first-order valence-corrected chi connectivity index (χ1v) is 13.5. The average Bonchev–Trinajstić information content (AvgIpc) is 3.59. The molecule has 1 aromatic carbocycles. The van der Waals surface area contributed by atoms with Crippen LogP contribution in [-0.4, -0.2) is 67.6 Å². The van der Waals surface area contributed by atoms with Crippen LogP contribution in [0.4, 0.5) is 15.8 Å². The van der Waals surface area contributed by atoms with Crippen LogP contribution < -0.4 is 15.5 Å². The molecule has 11 heteroatoms. The lowest BCUT2D eigenvalue weighted by molar-refractivity contribution is -0.125. The minimum Gasteiger partial charge on any atom is -0.370 e. The van der Waals surface area contributed by atoms with Crippen LogP contribution >= 0.6 is 22.9 Å². The number of hydrogen-bond donors (Lipinski definition) is 2. The minimum atomic E-state index is -0.703. The molecule has 4 rings (SSSR count). The number of rotatable bonds is 9. The number of amides is 3. The zero-order valence-corrected chi connectivity index (χ0v) is 22.8. The Hall–Kier alpha value is -2.53. The van der Waals surface area contributed by atoms with Gasteiger partial charge in [0.25, 0.3) is 11.8 Å². The second-order valence-corrected chi connectivity index (χ2v) is 12.3. The Labute approximate surface area is 225 Å². The topological polar surface area (TPSA) is 91.0 Å². The SMILES string of the molecule is CC(C)(C)CN(C1CC1)[C@H](CNC(=O)c1ccc(Cl)s1)C(=O)Nc1ccc(N2CCOCC2=O)cc1F. The van der Waals surface area contributed by atoms with E-state index in [9.17, 15) is 14.4 Å². The molecule has 1 atom stereocenters. The highest BCUT2D eigenvalue weighted by Gasteiger charge is 2.39. The Morgan fingerprint density at radius 1 is 1.27 bits per heavy atom. The van der Waals surface area contributed by atoms with Crippen molar-refractivity contribution in [2.24, 2.45) is 5.41 Å². The summed E-state index contributed by atoms with van der Waals surface area (Å²) in [4.78, 5) is 42.4. The van der Waals surface area contributed by atoms with Crippen LogP contribution in [-0.2, 0) is 14.3 Å². The third-order valence-electron chi connectivity index (χ3n) is 6.14. The molecule has 2 aromatic rings. The van der Waals surface area contributed by atoms with Crippen LogP contribution in [0.15, 0.2) is 30.3 Å². The third-order valence-corrected chi connectivity index (χ3v) is 7.37. The van der Waals surface area contributed by atoms with E-state index in [1.807, 2.05) is 0 Å². The summed E-state index contributed by atoms with van der Waals surface area (Å²) >= 11 is 7.13. The first kappa shape index (κ1) is 27.5. The minimum absolute atomic E-state index is 0.0160. The Morgan fingerprint density at radius 3 is 2.62 bits per heavy atom. The summed E-state index contributed by atoms with van der Waals surface area (Å²) in [5.41, 5.74) is 0.334. The molecular formula is C26H32ClFN4O4S. The van der Waals surface area contributed by atoms with Gasteiger partial charge in [-0.25, -0.2) is 4.39 Å². The zero-order chi connectivity index (χ0) is 26.7. The molecule has 2 heterocycles. The van der Waals surface area contributed by atoms with E-state index in [1.165, 1.54) is 17.0 Å². The summed E-state index contributed by atoms with van der Waals surface area (Å²) in [5, 5.41) is 5.57. The molecule has 37 heavy (non-hydrogen) atoms.